The van der Waals surface area contributed by atoms with Gasteiger partial charge in [-0.2, -0.15) is 5.10 Å². The third-order valence-corrected chi connectivity index (χ3v) is 5.35. The van der Waals surface area contributed by atoms with Crippen molar-refractivity contribution in [1.82, 2.24) is 20.7 Å². The van der Waals surface area contributed by atoms with Crippen molar-refractivity contribution in [2.75, 3.05) is 25.5 Å². The second kappa shape index (κ2) is 12.2. The van der Waals surface area contributed by atoms with Crippen molar-refractivity contribution in [2.24, 2.45) is 5.10 Å². The molecule has 1 aromatic carbocycles. The average molecular weight is 458 g/mol. The quantitative estimate of drug-likeness (QED) is 0.243. The molecule has 2 heterocycles. The van der Waals surface area contributed by atoms with E-state index in [4.69, 9.17) is 9.47 Å². The minimum atomic E-state index is -0.247. The van der Waals surface area contributed by atoms with Crippen LogP contribution in [0.2, 0.25) is 0 Å². The lowest BCUT2D eigenvalue weighted by molar-refractivity contribution is -0.123. The number of aryl methyl sites for hydroxylation is 2. The highest BCUT2D eigenvalue weighted by atomic mass is 32.2. The first-order chi connectivity index (χ1) is 15.5. The van der Waals surface area contributed by atoms with Crippen LogP contribution in [0.5, 0.6) is 5.75 Å². The highest BCUT2D eigenvalue weighted by Crippen LogP contribution is 2.14. The molecule has 1 aliphatic heterocycles. The maximum absolute atomic E-state index is 11.9. The van der Waals surface area contributed by atoms with Gasteiger partial charge in [0.25, 0.3) is 11.8 Å². The molecule has 10 heteroatoms. The van der Waals surface area contributed by atoms with E-state index in [2.05, 4.69) is 25.8 Å². The number of benzene rings is 1. The maximum atomic E-state index is 11.9. The van der Waals surface area contributed by atoms with Gasteiger partial charge in [-0.3, -0.25) is 9.59 Å². The molecule has 0 radical (unpaired) electrons. The summed E-state index contributed by atoms with van der Waals surface area (Å²) in [5.41, 5.74) is 5.00. The number of carbonyl (C=O) groups is 2. The molecule has 3 rings (SSSR count). The number of aromatic nitrogens is 2. The number of ether oxygens (including phenoxy) is 2. The van der Waals surface area contributed by atoms with Gasteiger partial charge in [0, 0.05) is 24.5 Å². The fourth-order valence-electron chi connectivity index (χ4n) is 2.98. The van der Waals surface area contributed by atoms with Gasteiger partial charge in [-0.05, 0) is 62.6 Å². The van der Waals surface area contributed by atoms with Crippen LogP contribution >= 0.6 is 11.8 Å². The van der Waals surface area contributed by atoms with E-state index in [0.717, 1.165) is 36.4 Å². The number of hydrogen-bond acceptors (Lipinski definition) is 8. The van der Waals surface area contributed by atoms with E-state index in [1.807, 2.05) is 19.9 Å². The SMILES string of the molecule is Cc1cc(C)nc(SCC(=O)N/N=C\c2ccc(OCC(=O)NC[C@H]3CCCO3)cc2)n1. The summed E-state index contributed by atoms with van der Waals surface area (Å²) in [5, 5.41) is 7.34. The molecule has 0 spiro atoms. The largest absolute Gasteiger partial charge is 0.484 e. The Bertz CT molecular complexity index is 926. The Kier molecular flexibility index (Phi) is 9.00. The lowest BCUT2D eigenvalue weighted by Gasteiger charge is -2.11. The number of rotatable bonds is 10. The lowest BCUT2D eigenvalue weighted by atomic mass is 10.2. The standard InChI is InChI=1S/C22H27N5O4S/c1-15-10-16(2)26-22(25-15)32-14-21(29)27-24-11-17-5-7-18(8-6-17)31-13-20(28)23-12-19-4-3-9-30-19/h5-8,10-11,19H,3-4,9,12-14H2,1-2H3,(H,23,28)(H,27,29)/b24-11-/t19-/m1/s1. The molecular weight excluding hydrogens is 430 g/mol. The van der Waals surface area contributed by atoms with Gasteiger partial charge < -0.3 is 14.8 Å². The third kappa shape index (κ3) is 8.27. The van der Waals surface area contributed by atoms with Crippen molar-refractivity contribution < 1.29 is 19.1 Å². The Balaban J connectivity index is 1.35. The fourth-order valence-corrected chi connectivity index (χ4v) is 3.72. The molecule has 2 N–H and O–H groups in total. The summed E-state index contributed by atoms with van der Waals surface area (Å²) in [6.45, 7) is 5.00. The van der Waals surface area contributed by atoms with Crippen molar-refractivity contribution in [1.29, 1.82) is 0 Å². The van der Waals surface area contributed by atoms with Gasteiger partial charge in [0.1, 0.15) is 5.75 Å². The molecular formula is C22H27N5O4S. The van der Waals surface area contributed by atoms with E-state index in [0.29, 0.717) is 17.5 Å². The van der Waals surface area contributed by atoms with Gasteiger partial charge in [0.05, 0.1) is 18.1 Å². The molecule has 1 atom stereocenters. The Hall–Kier alpha value is -2.98. The Morgan fingerprint density at radius 2 is 1.97 bits per heavy atom. The predicted molar refractivity (Wildman–Crippen MR) is 122 cm³/mol. The number of nitrogens with zero attached hydrogens (tertiary/aromatic N) is 3. The van der Waals surface area contributed by atoms with Crippen LogP contribution in [0, 0.1) is 13.8 Å². The first-order valence-corrected chi connectivity index (χ1v) is 11.3. The highest BCUT2D eigenvalue weighted by molar-refractivity contribution is 7.99. The van der Waals surface area contributed by atoms with Crippen molar-refractivity contribution >= 4 is 29.8 Å². The van der Waals surface area contributed by atoms with E-state index in [1.54, 1.807) is 24.3 Å². The maximum Gasteiger partial charge on any atom is 0.258 e. The van der Waals surface area contributed by atoms with Crippen molar-refractivity contribution in [3.05, 3.63) is 47.3 Å². The van der Waals surface area contributed by atoms with Crippen LogP contribution in [0.25, 0.3) is 0 Å². The fraction of sp³-hybridized carbons (Fsp3) is 0.409. The van der Waals surface area contributed by atoms with Crippen molar-refractivity contribution in [2.45, 2.75) is 37.9 Å². The number of nitrogens with one attached hydrogen (secondary N) is 2. The Morgan fingerprint density at radius 1 is 1.22 bits per heavy atom. The molecule has 1 aliphatic rings. The molecule has 170 valence electrons. The second-order valence-electron chi connectivity index (χ2n) is 7.31. The Labute approximate surface area is 191 Å². The van der Waals surface area contributed by atoms with Gasteiger partial charge in [0.2, 0.25) is 0 Å². The van der Waals surface area contributed by atoms with E-state index >= 15 is 0 Å². The minimum absolute atomic E-state index is 0.0575. The van der Waals surface area contributed by atoms with Crippen LogP contribution in [-0.4, -0.2) is 59.6 Å². The smallest absolute Gasteiger partial charge is 0.258 e. The zero-order chi connectivity index (χ0) is 22.8. The molecule has 1 aromatic heterocycles. The number of thioether (sulfide) groups is 1. The molecule has 0 unspecified atom stereocenters. The minimum Gasteiger partial charge on any atom is -0.484 e. The van der Waals surface area contributed by atoms with Crippen molar-refractivity contribution in [3.8, 4) is 5.75 Å². The third-order valence-electron chi connectivity index (χ3n) is 4.50. The van der Waals surface area contributed by atoms with Crippen LogP contribution in [-0.2, 0) is 14.3 Å². The molecule has 0 saturated carbocycles. The second-order valence-corrected chi connectivity index (χ2v) is 8.25. The Morgan fingerprint density at radius 3 is 2.66 bits per heavy atom. The predicted octanol–water partition coefficient (Wildman–Crippen LogP) is 2.01. The average Bonchev–Trinajstić information content (AvgIpc) is 3.29. The monoisotopic (exact) mass is 457 g/mol. The molecule has 9 nitrogen and oxygen atoms in total. The zero-order valence-electron chi connectivity index (χ0n) is 18.2. The van der Waals surface area contributed by atoms with E-state index < -0.39 is 0 Å². The summed E-state index contributed by atoms with van der Waals surface area (Å²) in [6, 6.07) is 8.93. The summed E-state index contributed by atoms with van der Waals surface area (Å²) >= 11 is 1.26. The molecule has 1 saturated heterocycles. The van der Waals surface area contributed by atoms with E-state index in [1.165, 1.54) is 18.0 Å². The van der Waals surface area contributed by atoms with Crippen LogP contribution in [0.1, 0.15) is 29.8 Å². The summed E-state index contributed by atoms with van der Waals surface area (Å²) in [7, 11) is 0. The molecule has 1 fully saturated rings. The van der Waals surface area contributed by atoms with Crippen LogP contribution in [0.3, 0.4) is 0 Å². The highest BCUT2D eigenvalue weighted by Gasteiger charge is 2.16. The summed E-state index contributed by atoms with van der Waals surface area (Å²) in [4.78, 5) is 32.4. The zero-order valence-corrected chi connectivity index (χ0v) is 19.0. The van der Waals surface area contributed by atoms with Crippen LogP contribution in [0.15, 0.2) is 40.6 Å². The lowest BCUT2D eigenvalue weighted by Crippen LogP contribution is -2.35. The normalized spacial score (nSPS) is 15.6. The van der Waals surface area contributed by atoms with Crippen LogP contribution < -0.4 is 15.5 Å². The topological polar surface area (TPSA) is 115 Å². The van der Waals surface area contributed by atoms with Crippen molar-refractivity contribution in [3.63, 3.8) is 0 Å². The van der Waals surface area contributed by atoms with Crippen LogP contribution in [0.4, 0.5) is 0 Å². The first kappa shape index (κ1) is 23.7. The van der Waals surface area contributed by atoms with Gasteiger partial charge in [-0.15, -0.1) is 0 Å². The van der Waals surface area contributed by atoms with E-state index in [-0.39, 0.29) is 30.3 Å². The van der Waals surface area contributed by atoms with Gasteiger partial charge in [0.15, 0.2) is 11.8 Å². The summed E-state index contributed by atoms with van der Waals surface area (Å²) in [6.07, 6.45) is 3.66. The molecule has 0 bridgehead atoms. The number of carbonyl (C=O) groups excluding carboxylic acids is 2. The molecule has 0 aliphatic carbocycles. The summed E-state index contributed by atoms with van der Waals surface area (Å²) in [5.74, 6) is 0.311. The van der Waals surface area contributed by atoms with Gasteiger partial charge in [-0.25, -0.2) is 15.4 Å². The van der Waals surface area contributed by atoms with Gasteiger partial charge >= 0.3 is 0 Å². The number of amides is 2. The number of hydrazone groups is 1. The van der Waals surface area contributed by atoms with Gasteiger partial charge in [-0.1, -0.05) is 11.8 Å². The first-order valence-electron chi connectivity index (χ1n) is 10.4. The summed E-state index contributed by atoms with van der Waals surface area (Å²) < 4.78 is 11.0. The molecule has 2 amide bonds. The molecule has 2 aromatic rings. The number of hydrogen-bond donors (Lipinski definition) is 2. The molecule has 32 heavy (non-hydrogen) atoms. The van der Waals surface area contributed by atoms with E-state index in [9.17, 15) is 9.59 Å².